The van der Waals surface area contributed by atoms with E-state index < -0.39 is 0 Å². The highest BCUT2D eigenvalue weighted by Gasteiger charge is 2.28. The van der Waals surface area contributed by atoms with Crippen molar-refractivity contribution >= 4 is 0 Å². The topological polar surface area (TPSA) is 58.9 Å². The third-order valence-corrected chi connectivity index (χ3v) is 2.89. The summed E-state index contributed by atoms with van der Waals surface area (Å²) in [5.41, 5.74) is 0. The number of rotatable bonds is 8. The van der Waals surface area contributed by atoms with Gasteiger partial charge < -0.3 is 19.7 Å². The van der Waals surface area contributed by atoms with Crippen molar-refractivity contribution in [3.05, 3.63) is 0 Å². The van der Waals surface area contributed by atoms with Crippen molar-refractivity contribution in [3.63, 3.8) is 0 Å². The number of unbranched alkanes of at least 4 members (excludes halogenated alkanes) is 3. The minimum Gasteiger partial charge on any atom is -0.400 e. The van der Waals surface area contributed by atoms with Crippen molar-refractivity contribution in [1.29, 1.82) is 0 Å². The van der Waals surface area contributed by atoms with E-state index in [2.05, 4.69) is 6.92 Å². The van der Waals surface area contributed by atoms with Crippen molar-refractivity contribution in [3.8, 4) is 0 Å². The van der Waals surface area contributed by atoms with Crippen LogP contribution in [-0.2, 0) is 9.47 Å². The van der Waals surface area contributed by atoms with Gasteiger partial charge in [0.2, 0.25) is 0 Å². The fourth-order valence-corrected chi connectivity index (χ4v) is 1.98. The Morgan fingerprint density at radius 3 is 2.42 bits per heavy atom. The first-order chi connectivity index (χ1) is 9.38. The first-order valence-corrected chi connectivity index (χ1v) is 7.67. The Kier molecular flexibility index (Phi) is 19.9. The van der Waals surface area contributed by atoms with Gasteiger partial charge in [0.25, 0.3) is 0 Å². The second kappa shape index (κ2) is 17.8. The van der Waals surface area contributed by atoms with E-state index in [0.29, 0.717) is 6.42 Å². The van der Waals surface area contributed by atoms with E-state index in [4.69, 9.17) is 19.7 Å². The highest BCUT2D eigenvalue weighted by atomic mass is 16.6. The summed E-state index contributed by atoms with van der Waals surface area (Å²) in [6.45, 7) is 8.03. The predicted molar refractivity (Wildman–Crippen MR) is 79.4 cm³/mol. The van der Waals surface area contributed by atoms with Crippen LogP contribution in [0.3, 0.4) is 0 Å². The maximum Gasteiger partial charge on any atom is 0.0859 e. The Bertz CT molecular complexity index is 153. The molecule has 1 aliphatic rings. The molecule has 1 unspecified atom stereocenters. The normalized spacial score (nSPS) is 21.2. The number of ether oxygens (including phenoxy) is 2. The highest BCUT2D eigenvalue weighted by molar-refractivity contribution is 4.76. The molecule has 0 aromatic heterocycles. The van der Waals surface area contributed by atoms with Crippen LogP contribution in [0.1, 0.15) is 59.3 Å². The summed E-state index contributed by atoms with van der Waals surface area (Å²) < 4.78 is 11.3. The van der Waals surface area contributed by atoms with Gasteiger partial charge in [-0.2, -0.15) is 0 Å². The second-order valence-corrected chi connectivity index (χ2v) is 4.18. The molecule has 1 saturated heterocycles. The van der Waals surface area contributed by atoms with E-state index in [1.807, 2.05) is 13.8 Å². The van der Waals surface area contributed by atoms with Crippen molar-refractivity contribution in [2.45, 2.75) is 71.5 Å². The average Bonchev–Trinajstić information content (AvgIpc) is 2.91. The van der Waals surface area contributed by atoms with Crippen molar-refractivity contribution < 1.29 is 19.7 Å². The van der Waals surface area contributed by atoms with Crippen LogP contribution in [0.4, 0.5) is 0 Å². The lowest BCUT2D eigenvalue weighted by Gasteiger charge is -2.18. The summed E-state index contributed by atoms with van der Waals surface area (Å²) in [7, 11) is 1.00. The minimum atomic E-state index is 0.126. The van der Waals surface area contributed by atoms with Crippen molar-refractivity contribution in [2.75, 3.05) is 26.9 Å². The van der Waals surface area contributed by atoms with Gasteiger partial charge in [0.1, 0.15) is 0 Å². The van der Waals surface area contributed by atoms with Gasteiger partial charge in [-0.1, -0.05) is 40.0 Å². The van der Waals surface area contributed by atoms with Crippen LogP contribution >= 0.6 is 0 Å². The molecule has 0 amide bonds. The van der Waals surface area contributed by atoms with Crippen LogP contribution < -0.4 is 0 Å². The zero-order valence-electron chi connectivity index (χ0n) is 13.2. The molecule has 1 fully saturated rings. The summed E-state index contributed by atoms with van der Waals surface area (Å²) in [4.78, 5) is 0. The first-order valence-electron chi connectivity index (χ1n) is 7.67. The zero-order valence-corrected chi connectivity index (χ0v) is 13.2. The van der Waals surface area contributed by atoms with Crippen LogP contribution in [0.2, 0.25) is 0 Å². The van der Waals surface area contributed by atoms with Crippen LogP contribution in [0, 0.1) is 0 Å². The number of hydrogen-bond acceptors (Lipinski definition) is 4. The third-order valence-electron chi connectivity index (χ3n) is 2.89. The van der Waals surface area contributed by atoms with Gasteiger partial charge >= 0.3 is 0 Å². The molecule has 0 aliphatic carbocycles. The minimum absolute atomic E-state index is 0.126. The van der Waals surface area contributed by atoms with Gasteiger partial charge in [-0.25, -0.2) is 0 Å². The molecule has 0 saturated carbocycles. The van der Waals surface area contributed by atoms with Gasteiger partial charge in [0.15, 0.2) is 0 Å². The third kappa shape index (κ3) is 11.4. The molecule has 2 N–H and O–H groups in total. The molecule has 19 heavy (non-hydrogen) atoms. The molecule has 0 aromatic rings. The van der Waals surface area contributed by atoms with E-state index >= 15 is 0 Å². The molecule has 2 atom stereocenters. The maximum atomic E-state index is 8.85. The van der Waals surface area contributed by atoms with Crippen LogP contribution in [0.25, 0.3) is 0 Å². The molecule has 4 heteroatoms. The Balaban J connectivity index is 0. The van der Waals surface area contributed by atoms with E-state index in [0.717, 1.165) is 33.2 Å². The first kappa shape index (κ1) is 21.1. The lowest BCUT2D eigenvalue weighted by Crippen LogP contribution is -2.25. The van der Waals surface area contributed by atoms with Crippen molar-refractivity contribution in [2.24, 2.45) is 0 Å². The van der Waals surface area contributed by atoms with E-state index in [9.17, 15) is 0 Å². The fraction of sp³-hybridized carbons (Fsp3) is 1.00. The summed E-state index contributed by atoms with van der Waals surface area (Å²) in [5.74, 6) is 0. The van der Waals surface area contributed by atoms with Crippen LogP contribution in [0.5, 0.6) is 0 Å². The molecule has 0 aromatic carbocycles. The number of aliphatic hydroxyl groups is 2. The molecular weight excluding hydrogens is 244 g/mol. The Morgan fingerprint density at radius 1 is 1.16 bits per heavy atom. The Hall–Kier alpha value is -0.160. The molecule has 0 spiro atoms. The second-order valence-electron chi connectivity index (χ2n) is 4.18. The van der Waals surface area contributed by atoms with Gasteiger partial charge in [-0.05, 0) is 19.3 Å². The fourth-order valence-electron chi connectivity index (χ4n) is 1.98. The van der Waals surface area contributed by atoms with Crippen LogP contribution in [-0.4, -0.2) is 49.4 Å². The molecule has 118 valence electrons. The summed E-state index contributed by atoms with van der Waals surface area (Å²) in [6.07, 6.45) is 7.01. The molecule has 4 nitrogen and oxygen atoms in total. The van der Waals surface area contributed by atoms with E-state index in [-0.39, 0.29) is 18.8 Å². The number of hydrogen-bond donors (Lipinski definition) is 2. The van der Waals surface area contributed by atoms with Crippen LogP contribution in [0.15, 0.2) is 0 Å². The largest absolute Gasteiger partial charge is 0.400 e. The molecule has 1 heterocycles. The standard InChI is InChI=1S/C12H24O3.C2H6.CH4O/c1-2-3-4-5-9-14-12-7-10-15-11(12)6-8-13;2*1-2/h11-13H,2-10H2,1H3;1-2H3;2H,1H3/t11-,12?;;/m1../s1. The zero-order chi connectivity index (χ0) is 14.9. The molecule has 1 rings (SSSR count). The lowest BCUT2D eigenvalue weighted by molar-refractivity contribution is -0.0197. The van der Waals surface area contributed by atoms with Crippen molar-refractivity contribution in [1.82, 2.24) is 0 Å². The highest BCUT2D eigenvalue weighted by Crippen LogP contribution is 2.20. The Morgan fingerprint density at radius 2 is 1.84 bits per heavy atom. The van der Waals surface area contributed by atoms with E-state index in [1.54, 1.807) is 0 Å². The van der Waals surface area contributed by atoms with Gasteiger partial charge in [0.05, 0.1) is 12.2 Å². The molecule has 1 aliphatic heterocycles. The summed E-state index contributed by atoms with van der Waals surface area (Å²) in [6, 6.07) is 0. The summed E-state index contributed by atoms with van der Waals surface area (Å²) >= 11 is 0. The van der Waals surface area contributed by atoms with Gasteiger partial charge in [0, 0.05) is 26.9 Å². The van der Waals surface area contributed by atoms with Gasteiger partial charge in [-0.15, -0.1) is 0 Å². The lowest BCUT2D eigenvalue weighted by atomic mass is 10.1. The smallest absolute Gasteiger partial charge is 0.0859 e. The SMILES string of the molecule is CC.CCCCCCOC1CCO[C@@H]1CCO.CO. The molecule has 0 radical (unpaired) electrons. The summed E-state index contributed by atoms with van der Waals surface area (Å²) in [5, 5.41) is 15.9. The molecular formula is C15H34O4. The quantitative estimate of drug-likeness (QED) is 0.670. The monoisotopic (exact) mass is 278 g/mol. The Labute approximate surface area is 119 Å². The number of aliphatic hydroxyl groups excluding tert-OH is 2. The van der Waals surface area contributed by atoms with Gasteiger partial charge in [-0.3, -0.25) is 0 Å². The van der Waals surface area contributed by atoms with E-state index in [1.165, 1.54) is 19.3 Å². The predicted octanol–water partition coefficient (Wildman–Crippen LogP) is 2.76. The average molecular weight is 278 g/mol. The molecule has 0 bridgehead atoms. The maximum absolute atomic E-state index is 8.85.